The first-order chi connectivity index (χ1) is 9.95. The molecule has 0 saturated carbocycles. The van der Waals surface area contributed by atoms with E-state index in [1.165, 1.54) is 0 Å². The van der Waals surface area contributed by atoms with E-state index in [2.05, 4.69) is 13.8 Å². The standard InChI is InChI=1S/C15H32NO4P/c1-3-5-7-9-10-12(15(17)18)14(21(19)20)13(16)11-8-6-4-2/h12-14,21H,3-11,16H2,1-2H3,(H,17,18)(H,19,20). The Bertz CT molecular complexity index is 312. The fourth-order valence-electron chi connectivity index (χ4n) is 2.71. The number of hydrogen-bond acceptors (Lipinski definition) is 3. The second kappa shape index (κ2) is 12.2. The molecule has 0 aliphatic rings. The van der Waals surface area contributed by atoms with E-state index in [0.717, 1.165) is 44.9 Å². The van der Waals surface area contributed by atoms with Gasteiger partial charge in [-0.3, -0.25) is 9.36 Å². The van der Waals surface area contributed by atoms with Crippen LogP contribution in [-0.4, -0.2) is 27.7 Å². The number of rotatable bonds is 13. The van der Waals surface area contributed by atoms with Crippen molar-refractivity contribution in [3.63, 3.8) is 0 Å². The molecule has 0 radical (unpaired) electrons. The second-order valence-electron chi connectivity index (χ2n) is 5.82. The van der Waals surface area contributed by atoms with Crippen molar-refractivity contribution in [2.75, 3.05) is 0 Å². The molecule has 0 heterocycles. The second-order valence-corrected chi connectivity index (χ2v) is 7.16. The fourth-order valence-corrected chi connectivity index (χ4v) is 3.90. The summed E-state index contributed by atoms with van der Waals surface area (Å²) in [6.07, 6.45) is 7.88. The summed E-state index contributed by atoms with van der Waals surface area (Å²) in [5, 5.41) is 9.38. The SMILES string of the molecule is CCCCCCC(C(=O)O)C(C(N)CCCCC)[PH](=O)O. The maximum atomic E-state index is 11.7. The van der Waals surface area contributed by atoms with Gasteiger partial charge in [0.25, 0.3) is 0 Å². The Labute approximate surface area is 129 Å². The van der Waals surface area contributed by atoms with Crippen LogP contribution in [0.4, 0.5) is 0 Å². The van der Waals surface area contributed by atoms with Gasteiger partial charge in [0.2, 0.25) is 0 Å². The lowest BCUT2D eigenvalue weighted by atomic mass is 9.91. The van der Waals surface area contributed by atoms with Gasteiger partial charge in [-0.15, -0.1) is 0 Å². The Kier molecular flexibility index (Phi) is 12.0. The molecule has 4 atom stereocenters. The quantitative estimate of drug-likeness (QED) is 0.356. The molecular formula is C15H32NO4P. The summed E-state index contributed by atoms with van der Waals surface area (Å²) in [4.78, 5) is 21.0. The maximum absolute atomic E-state index is 11.7. The monoisotopic (exact) mass is 321 g/mol. The first-order valence-corrected chi connectivity index (χ1v) is 9.60. The molecule has 0 fully saturated rings. The van der Waals surface area contributed by atoms with E-state index in [0.29, 0.717) is 12.8 Å². The molecule has 5 nitrogen and oxygen atoms in total. The van der Waals surface area contributed by atoms with Crippen LogP contribution in [0.3, 0.4) is 0 Å². The van der Waals surface area contributed by atoms with Gasteiger partial charge < -0.3 is 15.7 Å². The molecule has 4 unspecified atom stereocenters. The van der Waals surface area contributed by atoms with Crippen molar-refractivity contribution in [1.82, 2.24) is 0 Å². The highest BCUT2D eigenvalue weighted by atomic mass is 31.1. The van der Waals surface area contributed by atoms with Crippen LogP contribution in [0, 0.1) is 5.92 Å². The number of carboxylic acid groups (broad SMARTS) is 1. The topological polar surface area (TPSA) is 101 Å². The van der Waals surface area contributed by atoms with Gasteiger partial charge in [-0.1, -0.05) is 58.8 Å². The number of nitrogens with two attached hydrogens (primary N) is 1. The minimum absolute atomic E-state index is 0.443. The minimum atomic E-state index is -2.95. The molecular weight excluding hydrogens is 289 g/mol. The zero-order valence-corrected chi connectivity index (χ0v) is 14.4. The van der Waals surface area contributed by atoms with Crippen LogP contribution in [0.15, 0.2) is 0 Å². The molecule has 0 saturated heterocycles. The summed E-state index contributed by atoms with van der Waals surface area (Å²) in [5.41, 5.74) is 5.23. The number of aliphatic carboxylic acids is 1. The lowest BCUT2D eigenvalue weighted by Gasteiger charge is -2.27. The third kappa shape index (κ3) is 8.60. The molecule has 6 heteroatoms. The summed E-state index contributed by atoms with van der Waals surface area (Å²) in [5.74, 6) is -1.79. The number of carboxylic acids is 1. The lowest BCUT2D eigenvalue weighted by molar-refractivity contribution is -0.142. The van der Waals surface area contributed by atoms with Gasteiger partial charge in [-0.25, -0.2) is 0 Å². The van der Waals surface area contributed by atoms with E-state index < -0.39 is 31.6 Å². The highest BCUT2D eigenvalue weighted by molar-refractivity contribution is 7.39. The molecule has 0 aromatic carbocycles. The van der Waals surface area contributed by atoms with Crippen molar-refractivity contribution in [2.24, 2.45) is 11.7 Å². The van der Waals surface area contributed by atoms with E-state index in [1.54, 1.807) is 0 Å². The van der Waals surface area contributed by atoms with Crippen molar-refractivity contribution < 1.29 is 19.4 Å². The van der Waals surface area contributed by atoms with Crippen molar-refractivity contribution >= 4 is 14.0 Å². The molecule has 21 heavy (non-hydrogen) atoms. The molecule has 0 rings (SSSR count). The average molecular weight is 321 g/mol. The third-order valence-electron chi connectivity index (χ3n) is 4.01. The van der Waals surface area contributed by atoms with Crippen LogP contribution in [-0.2, 0) is 9.36 Å². The van der Waals surface area contributed by atoms with Gasteiger partial charge in [0.15, 0.2) is 8.03 Å². The van der Waals surface area contributed by atoms with E-state index in [4.69, 9.17) is 5.73 Å². The fraction of sp³-hybridized carbons (Fsp3) is 0.933. The Morgan fingerprint density at radius 3 is 2.05 bits per heavy atom. The first-order valence-electron chi connectivity index (χ1n) is 8.16. The smallest absolute Gasteiger partial charge is 0.307 e. The predicted molar refractivity (Wildman–Crippen MR) is 87.0 cm³/mol. The summed E-state index contributed by atoms with van der Waals surface area (Å²) >= 11 is 0. The number of hydrogen-bond donors (Lipinski definition) is 3. The Morgan fingerprint density at radius 1 is 1.05 bits per heavy atom. The minimum Gasteiger partial charge on any atom is -0.481 e. The molecule has 0 spiro atoms. The summed E-state index contributed by atoms with van der Waals surface area (Å²) in [6.45, 7) is 4.17. The molecule has 0 amide bonds. The van der Waals surface area contributed by atoms with Crippen molar-refractivity contribution in [1.29, 1.82) is 0 Å². The molecule has 0 aliphatic heterocycles. The average Bonchev–Trinajstić information content (AvgIpc) is 2.41. The van der Waals surface area contributed by atoms with E-state index in [9.17, 15) is 19.4 Å². The van der Waals surface area contributed by atoms with E-state index in [1.807, 2.05) is 0 Å². The van der Waals surface area contributed by atoms with Crippen LogP contribution in [0.1, 0.15) is 71.6 Å². The van der Waals surface area contributed by atoms with Crippen LogP contribution in [0.2, 0.25) is 0 Å². The van der Waals surface area contributed by atoms with Crippen LogP contribution in [0.5, 0.6) is 0 Å². The molecule has 0 aromatic rings. The van der Waals surface area contributed by atoms with Gasteiger partial charge in [-0.2, -0.15) is 0 Å². The summed E-state index contributed by atoms with van der Waals surface area (Å²) in [7, 11) is -2.95. The first kappa shape index (κ1) is 20.6. The summed E-state index contributed by atoms with van der Waals surface area (Å²) in [6, 6.07) is -0.500. The Balaban J connectivity index is 4.66. The molecule has 0 aliphatic carbocycles. The molecule has 126 valence electrons. The van der Waals surface area contributed by atoms with Crippen LogP contribution in [0.25, 0.3) is 0 Å². The van der Waals surface area contributed by atoms with Gasteiger partial charge in [0, 0.05) is 6.04 Å². The highest BCUT2D eigenvalue weighted by Crippen LogP contribution is 2.35. The molecule has 0 aromatic heterocycles. The zero-order chi connectivity index (χ0) is 16.3. The van der Waals surface area contributed by atoms with E-state index in [-0.39, 0.29) is 0 Å². The van der Waals surface area contributed by atoms with Gasteiger partial charge >= 0.3 is 5.97 Å². The summed E-state index contributed by atoms with van der Waals surface area (Å²) < 4.78 is 11.7. The Hall–Kier alpha value is -0.380. The highest BCUT2D eigenvalue weighted by Gasteiger charge is 2.35. The number of unbranched alkanes of at least 4 members (excludes halogenated alkanes) is 5. The van der Waals surface area contributed by atoms with Crippen LogP contribution < -0.4 is 5.73 Å². The van der Waals surface area contributed by atoms with E-state index >= 15 is 0 Å². The zero-order valence-electron chi connectivity index (χ0n) is 13.4. The van der Waals surface area contributed by atoms with Gasteiger partial charge in [0.1, 0.15) is 0 Å². The third-order valence-corrected chi connectivity index (χ3v) is 5.41. The largest absolute Gasteiger partial charge is 0.481 e. The van der Waals surface area contributed by atoms with Crippen molar-refractivity contribution in [3.05, 3.63) is 0 Å². The van der Waals surface area contributed by atoms with Crippen molar-refractivity contribution in [2.45, 2.75) is 83.3 Å². The maximum Gasteiger partial charge on any atom is 0.307 e. The normalized spacial score (nSPS) is 17.1. The van der Waals surface area contributed by atoms with Crippen LogP contribution >= 0.6 is 8.03 Å². The molecule has 4 N–H and O–H groups in total. The lowest BCUT2D eigenvalue weighted by Crippen LogP contribution is -2.41. The number of carbonyl (C=O) groups is 1. The van der Waals surface area contributed by atoms with Gasteiger partial charge in [-0.05, 0) is 12.8 Å². The van der Waals surface area contributed by atoms with Crippen molar-refractivity contribution in [3.8, 4) is 0 Å². The Morgan fingerprint density at radius 2 is 1.57 bits per heavy atom. The predicted octanol–water partition coefficient (Wildman–Crippen LogP) is 3.40. The molecule has 0 bridgehead atoms. The van der Waals surface area contributed by atoms with Gasteiger partial charge in [0.05, 0.1) is 11.6 Å².